The largest absolute Gasteiger partial charge is 0.330 e. The molecule has 0 aliphatic heterocycles. The molecule has 0 radical (unpaired) electrons. The Bertz CT molecular complexity index is 560. The molecular weight excluding hydrogens is 267 g/mol. The van der Waals surface area contributed by atoms with Crippen LogP contribution in [-0.2, 0) is 10.0 Å². The van der Waals surface area contributed by atoms with Gasteiger partial charge in [-0.3, -0.25) is 0 Å². The molecule has 19 heavy (non-hydrogen) atoms. The number of benzene rings is 1. The standard InChI is InChI=1S/C13H19FN2O2S/c1-9-5-6-13(11(14)7-9)19(17,18)16-12-4-2-3-10(12)8-15/h5-7,10,12,16H,2-4,8,15H2,1H3/t10-,12+/m0/s1. The first kappa shape index (κ1) is 14.4. The maximum Gasteiger partial charge on any atom is 0.243 e. The van der Waals surface area contributed by atoms with Gasteiger partial charge in [0.15, 0.2) is 0 Å². The van der Waals surface area contributed by atoms with Gasteiger partial charge in [0.1, 0.15) is 10.7 Å². The number of sulfonamides is 1. The van der Waals surface area contributed by atoms with Crippen molar-refractivity contribution >= 4 is 10.0 Å². The maximum absolute atomic E-state index is 13.8. The molecule has 1 aliphatic carbocycles. The summed E-state index contributed by atoms with van der Waals surface area (Å²) in [6.45, 7) is 2.16. The van der Waals surface area contributed by atoms with E-state index in [0.29, 0.717) is 12.1 Å². The zero-order valence-corrected chi connectivity index (χ0v) is 11.7. The highest BCUT2D eigenvalue weighted by Gasteiger charge is 2.31. The molecule has 1 aliphatic rings. The number of aryl methyl sites for hydroxylation is 1. The fourth-order valence-electron chi connectivity index (χ4n) is 2.56. The summed E-state index contributed by atoms with van der Waals surface area (Å²) in [5.41, 5.74) is 6.31. The molecular formula is C13H19FN2O2S. The van der Waals surface area contributed by atoms with Gasteiger partial charge in [0.05, 0.1) is 0 Å². The van der Waals surface area contributed by atoms with Crippen LogP contribution in [0.5, 0.6) is 0 Å². The van der Waals surface area contributed by atoms with Crippen LogP contribution in [0.3, 0.4) is 0 Å². The maximum atomic E-state index is 13.8. The van der Waals surface area contributed by atoms with E-state index in [2.05, 4.69) is 4.72 Å². The Morgan fingerprint density at radius 1 is 1.42 bits per heavy atom. The molecule has 0 bridgehead atoms. The van der Waals surface area contributed by atoms with Crippen LogP contribution in [0.2, 0.25) is 0 Å². The lowest BCUT2D eigenvalue weighted by atomic mass is 10.1. The van der Waals surface area contributed by atoms with Gasteiger partial charge in [0.2, 0.25) is 10.0 Å². The molecule has 0 unspecified atom stereocenters. The molecule has 2 rings (SSSR count). The predicted octanol–water partition coefficient (Wildman–Crippen LogP) is 1.54. The average molecular weight is 286 g/mol. The van der Waals surface area contributed by atoms with E-state index >= 15 is 0 Å². The topological polar surface area (TPSA) is 72.2 Å². The fourth-order valence-corrected chi connectivity index (χ4v) is 3.96. The van der Waals surface area contributed by atoms with Crippen LogP contribution in [-0.4, -0.2) is 21.0 Å². The van der Waals surface area contributed by atoms with Crippen molar-refractivity contribution in [3.05, 3.63) is 29.6 Å². The number of nitrogens with two attached hydrogens (primary N) is 1. The molecule has 4 nitrogen and oxygen atoms in total. The third-order valence-corrected chi connectivity index (χ3v) is 5.17. The predicted molar refractivity (Wildman–Crippen MR) is 71.6 cm³/mol. The Balaban J connectivity index is 2.23. The zero-order valence-electron chi connectivity index (χ0n) is 10.9. The second kappa shape index (κ2) is 5.56. The van der Waals surface area contributed by atoms with Crippen LogP contribution in [0.4, 0.5) is 4.39 Å². The van der Waals surface area contributed by atoms with Crippen LogP contribution in [0.1, 0.15) is 24.8 Å². The highest BCUT2D eigenvalue weighted by atomic mass is 32.2. The van der Waals surface area contributed by atoms with E-state index in [9.17, 15) is 12.8 Å². The fraction of sp³-hybridized carbons (Fsp3) is 0.538. The van der Waals surface area contributed by atoms with Gasteiger partial charge in [-0.05, 0) is 49.9 Å². The van der Waals surface area contributed by atoms with Crippen molar-refractivity contribution in [3.8, 4) is 0 Å². The van der Waals surface area contributed by atoms with Crippen LogP contribution in [0, 0.1) is 18.7 Å². The van der Waals surface area contributed by atoms with Crippen molar-refractivity contribution < 1.29 is 12.8 Å². The Hall–Kier alpha value is -0.980. The van der Waals surface area contributed by atoms with E-state index < -0.39 is 15.8 Å². The van der Waals surface area contributed by atoms with Crippen LogP contribution in [0.25, 0.3) is 0 Å². The highest BCUT2D eigenvalue weighted by Crippen LogP contribution is 2.26. The normalized spacial score (nSPS) is 23.7. The van der Waals surface area contributed by atoms with E-state index in [1.165, 1.54) is 12.1 Å². The summed E-state index contributed by atoms with van der Waals surface area (Å²) in [7, 11) is -3.81. The molecule has 3 N–H and O–H groups in total. The number of rotatable bonds is 4. The van der Waals surface area contributed by atoms with Gasteiger partial charge in [-0.1, -0.05) is 12.5 Å². The van der Waals surface area contributed by atoms with Gasteiger partial charge >= 0.3 is 0 Å². The summed E-state index contributed by atoms with van der Waals surface area (Å²) in [6.07, 6.45) is 2.63. The first-order valence-electron chi connectivity index (χ1n) is 6.42. The molecule has 0 aromatic heterocycles. The molecule has 1 fully saturated rings. The lowest BCUT2D eigenvalue weighted by Gasteiger charge is -2.19. The molecule has 0 amide bonds. The molecule has 1 aromatic rings. The molecule has 6 heteroatoms. The van der Waals surface area contributed by atoms with Gasteiger partial charge in [-0.2, -0.15) is 0 Å². The molecule has 1 saturated carbocycles. The number of hydrogen-bond acceptors (Lipinski definition) is 3. The van der Waals surface area contributed by atoms with Gasteiger partial charge < -0.3 is 5.73 Å². The molecule has 0 saturated heterocycles. The number of nitrogens with one attached hydrogen (secondary N) is 1. The summed E-state index contributed by atoms with van der Waals surface area (Å²) < 4.78 is 40.7. The smallest absolute Gasteiger partial charge is 0.243 e. The SMILES string of the molecule is Cc1ccc(S(=O)(=O)N[C@@H]2CCC[C@H]2CN)c(F)c1. The molecule has 2 atom stereocenters. The number of halogens is 1. The summed E-state index contributed by atoms with van der Waals surface area (Å²) in [5, 5.41) is 0. The van der Waals surface area contributed by atoms with Gasteiger partial charge in [0.25, 0.3) is 0 Å². The van der Waals surface area contributed by atoms with E-state index in [0.717, 1.165) is 19.3 Å². The quantitative estimate of drug-likeness (QED) is 0.882. The Morgan fingerprint density at radius 3 is 2.79 bits per heavy atom. The third-order valence-electron chi connectivity index (χ3n) is 3.65. The Morgan fingerprint density at radius 2 is 2.16 bits per heavy atom. The first-order chi connectivity index (χ1) is 8.94. The van der Waals surface area contributed by atoms with Gasteiger partial charge in [-0.15, -0.1) is 0 Å². The second-order valence-corrected chi connectivity index (χ2v) is 6.77. The lowest BCUT2D eigenvalue weighted by molar-refractivity contribution is 0.451. The minimum absolute atomic E-state index is 0.142. The minimum Gasteiger partial charge on any atom is -0.330 e. The van der Waals surface area contributed by atoms with E-state index in [-0.39, 0.29) is 16.9 Å². The first-order valence-corrected chi connectivity index (χ1v) is 7.91. The van der Waals surface area contributed by atoms with Gasteiger partial charge in [-0.25, -0.2) is 17.5 Å². The van der Waals surface area contributed by atoms with Crippen molar-refractivity contribution in [2.24, 2.45) is 11.7 Å². The van der Waals surface area contributed by atoms with Crippen molar-refractivity contribution in [1.82, 2.24) is 4.72 Å². The minimum atomic E-state index is -3.81. The van der Waals surface area contributed by atoms with Crippen molar-refractivity contribution in [3.63, 3.8) is 0 Å². The Labute approximate surface area is 113 Å². The summed E-state index contributed by atoms with van der Waals surface area (Å²) in [4.78, 5) is -0.291. The molecule has 0 heterocycles. The summed E-state index contributed by atoms with van der Waals surface area (Å²) >= 11 is 0. The van der Waals surface area contributed by atoms with Crippen molar-refractivity contribution in [2.75, 3.05) is 6.54 Å². The average Bonchev–Trinajstić information content (AvgIpc) is 2.74. The zero-order chi connectivity index (χ0) is 14.0. The highest BCUT2D eigenvalue weighted by molar-refractivity contribution is 7.89. The van der Waals surface area contributed by atoms with E-state index in [1.807, 2.05) is 0 Å². The van der Waals surface area contributed by atoms with Crippen molar-refractivity contribution in [1.29, 1.82) is 0 Å². The second-order valence-electron chi connectivity index (χ2n) is 5.09. The molecule has 106 valence electrons. The summed E-state index contributed by atoms with van der Waals surface area (Å²) in [6, 6.07) is 3.94. The van der Waals surface area contributed by atoms with E-state index in [4.69, 9.17) is 5.73 Å². The van der Waals surface area contributed by atoms with E-state index in [1.54, 1.807) is 13.0 Å². The monoisotopic (exact) mass is 286 g/mol. The third kappa shape index (κ3) is 3.13. The van der Waals surface area contributed by atoms with Crippen LogP contribution >= 0.6 is 0 Å². The summed E-state index contributed by atoms with van der Waals surface area (Å²) in [5.74, 6) is -0.571. The number of hydrogen-bond donors (Lipinski definition) is 2. The molecule has 0 spiro atoms. The lowest BCUT2D eigenvalue weighted by Crippen LogP contribution is -2.40. The Kier molecular flexibility index (Phi) is 4.23. The van der Waals surface area contributed by atoms with Crippen molar-refractivity contribution in [2.45, 2.75) is 37.1 Å². The molecule has 1 aromatic carbocycles. The van der Waals surface area contributed by atoms with Gasteiger partial charge in [0, 0.05) is 6.04 Å². The van der Waals surface area contributed by atoms with Crippen LogP contribution in [0.15, 0.2) is 23.1 Å². The van der Waals surface area contributed by atoms with Crippen LogP contribution < -0.4 is 10.5 Å².